The first-order valence-electron chi connectivity index (χ1n) is 7.96. The predicted molar refractivity (Wildman–Crippen MR) is 87.2 cm³/mol. The van der Waals surface area contributed by atoms with Crippen molar-refractivity contribution < 1.29 is 18.2 Å². The summed E-state index contributed by atoms with van der Waals surface area (Å²) in [6.07, 6.45) is 3.21. The smallest absolute Gasteiger partial charge is 0.274 e. The van der Waals surface area contributed by atoms with E-state index in [1.54, 1.807) is 12.1 Å². The summed E-state index contributed by atoms with van der Waals surface area (Å²) in [5.41, 5.74) is 5.39. The molecule has 0 spiro atoms. The number of aromatic amines is 1. The van der Waals surface area contributed by atoms with Crippen LogP contribution >= 0.6 is 0 Å². The summed E-state index contributed by atoms with van der Waals surface area (Å²) in [4.78, 5) is 16.7. The third kappa shape index (κ3) is 3.81. The molecule has 2 rings (SSSR count). The first-order chi connectivity index (χ1) is 10.9. The third-order valence-electron chi connectivity index (χ3n) is 4.28. The lowest BCUT2D eigenvalue weighted by molar-refractivity contribution is -0.367. The molecule has 8 heteroatoms. The van der Waals surface area contributed by atoms with Gasteiger partial charge in [-0.3, -0.25) is 9.69 Å². The number of nitrogens with zero attached hydrogens (tertiary/aromatic N) is 2. The molecule has 0 aromatic carbocycles. The molecular weight excluding hydrogens is 316 g/mol. The van der Waals surface area contributed by atoms with Gasteiger partial charge in [-0.25, -0.2) is 13.4 Å². The summed E-state index contributed by atoms with van der Waals surface area (Å²) < 4.78 is 26.3. The van der Waals surface area contributed by atoms with Gasteiger partial charge in [-0.15, -0.1) is 0 Å². The van der Waals surface area contributed by atoms with Gasteiger partial charge in [0.25, 0.3) is 5.82 Å². The van der Waals surface area contributed by atoms with Crippen molar-refractivity contribution in [3.05, 3.63) is 18.3 Å². The molecule has 1 atom stereocenters. The highest BCUT2D eigenvalue weighted by Crippen LogP contribution is 2.21. The average Bonchev–Trinajstić information content (AvgIpc) is 2.56. The van der Waals surface area contributed by atoms with Crippen LogP contribution in [-0.4, -0.2) is 44.8 Å². The molecule has 1 saturated heterocycles. The third-order valence-corrected chi connectivity index (χ3v) is 6.32. The lowest BCUT2D eigenvalue weighted by Crippen LogP contribution is -2.43. The lowest BCUT2D eigenvalue weighted by Gasteiger charge is -2.26. The van der Waals surface area contributed by atoms with Crippen molar-refractivity contribution in [2.24, 2.45) is 11.7 Å². The van der Waals surface area contributed by atoms with E-state index in [1.165, 1.54) is 10.5 Å². The second kappa shape index (κ2) is 7.27. The zero-order chi connectivity index (χ0) is 17.0. The zero-order valence-electron chi connectivity index (χ0n) is 13.7. The van der Waals surface area contributed by atoms with Crippen molar-refractivity contribution in [2.75, 3.05) is 31.1 Å². The topological polar surface area (TPSA) is 97.9 Å². The molecule has 0 saturated carbocycles. The number of aromatic nitrogens is 1. The number of H-pyrrole nitrogens is 1. The summed E-state index contributed by atoms with van der Waals surface area (Å²) in [6.45, 7) is 5.89. The molecule has 0 aliphatic carbocycles. The van der Waals surface area contributed by atoms with Crippen LogP contribution in [0.15, 0.2) is 23.2 Å². The summed E-state index contributed by atoms with van der Waals surface area (Å²) in [5.74, 6) is 0.362. The molecule has 1 amide bonds. The van der Waals surface area contributed by atoms with E-state index in [1.807, 2.05) is 18.7 Å². The Labute approximate surface area is 137 Å². The predicted octanol–water partition coefficient (Wildman–Crippen LogP) is 0.233. The molecule has 2 heterocycles. The number of piperidine rings is 1. The van der Waals surface area contributed by atoms with E-state index in [2.05, 4.69) is 4.98 Å². The van der Waals surface area contributed by atoms with Crippen molar-refractivity contribution in [1.29, 1.82) is 0 Å². The summed E-state index contributed by atoms with van der Waals surface area (Å²) in [7, 11) is -3.46. The van der Waals surface area contributed by atoms with Gasteiger partial charge in [-0.2, -0.15) is 4.31 Å². The van der Waals surface area contributed by atoms with Gasteiger partial charge in [-0.05, 0) is 18.9 Å². The van der Waals surface area contributed by atoms with Gasteiger partial charge in [0.2, 0.25) is 15.9 Å². The van der Waals surface area contributed by atoms with Crippen LogP contribution in [0.5, 0.6) is 0 Å². The van der Waals surface area contributed by atoms with Crippen LogP contribution in [0.1, 0.15) is 26.7 Å². The number of rotatable bonds is 6. The van der Waals surface area contributed by atoms with Gasteiger partial charge in [0.1, 0.15) is 11.1 Å². The van der Waals surface area contributed by atoms with Crippen molar-refractivity contribution in [3.63, 3.8) is 0 Å². The molecule has 23 heavy (non-hydrogen) atoms. The fourth-order valence-electron chi connectivity index (χ4n) is 2.90. The maximum absolute atomic E-state index is 12.5. The van der Waals surface area contributed by atoms with Crippen molar-refractivity contribution in [2.45, 2.75) is 31.6 Å². The maximum atomic E-state index is 12.5. The van der Waals surface area contributed by atoms with Crippen LogP contribution in [0.3, 0.4) is 0 Å². The number of carbonyl (C=O) groups excluding carboxylic acids is 1. The Kier molecular flexibility index (Phi) is 5.59. The van der Waals surface area contributed by atoms with Gasteiger partial charge in [0.15, 0.2) is 0 Å². The van der Waals surface area contributed by atoms with Gasteiger partial charge in [-0.1, -0.05) is 13.8 Å². The van der Waals surface area contributed by atoms with E-state index < -0.39 is 10.0 Å². The van der Waals surface area contributed by atoms with E-state index in [-0.39, 0.29) is 16.7 Å². The van der Waals surface area contributed by atoms with E-state index in [9.17, 15) is 13.2 Å². The molecule has 1 fully saturated rings. The number of anilines is 1. The maximum Gasteiger partial charge on any atom is 0.274 e. The number of hydrogen-bond acceptors (Lipinski definition) is 4. The molecule has 1 aliphatic rings. The number of sulfonamides is 1. The number of amides is 1. The molecule has 0 bridgehead atoms. The van der Waals surface area contributed by atoms with Gasteiger partial charge in [0.05, 0.1) is 19.0 Å². The number of primary amides is 1. The molecule has 0 radical (unpaired) electrons. The van der Waals surface area contributed by atoms with Crippen LogP contribution in [-0.2, 0) is 14.8 Å². The Balaban J connectivity index is 2.18. The Morgan fingerprint density at radius 1 is 1.39 bits per heavy atom. The molecule has 7 nitrogen and oxygen atoms in total. The molecule has 0 unspecified atom stereocenters. The molecule has 1 aromatic rings. The summed E-state index contributed by atoms with van der Waals surface area (Å²) in [6, 6.07) is 3.35. The van der Waals surface area contributed by atoms with Crippen LogP contribution in [0.25, 0.3) is 0 Å². The first kappa shape index (κ1) is 17.7. The van der Waals surface area contributed by atoms with Crippen molar-refractivity contribution in [3.8, 4) is 0 Å². The highest BCUT2D eigenvalue weighted by Gasteiger charge is 2.30. The lowest BCUT2D eigenvalue weighted by atomic mass is 9.97. The number of hydrogen-bond donors (Lipinski definition) is 1. The Morgan fingerprint density at radius 3 is 2.61 bits per heavy atom. The number of nitrogens with one attached hydrogen (secondary N) is 1. The standard InChI is InChI=1S/C15H24N4O3S/c1-3-19(4-2)23(21,22)13-7-8-14(17-10-13)18-9-5-6-12(11-18)15(16)20/h7-8,10,12H,3-6,9,11H2,1-2H3,(H2,16,20)/p+1/t12-/m1/s1. The highest BCUT2D eigenvalue weighted by atomic mass is 32.2. The Morgan fingerprint density at radius 2 is 2.09 bits per heavy atom. The minimum atomic E-state index is -3.46. The minimum Gasteiger partial charge on any atom is -0.369 e. The second-order valence-electron chi connectivity index (χ2n) is 5.69. The monoisotopic (exact) mass is 341 g/mol. The molecule has 1 aliphatic heterocycles. The highest BCUT2D eigenvalue weighted by molar-refractivity contribution is 7.89. The van der Waals surface area contributed by atoms with Crippen LogP contribution in [0.2, 0.25) is 0 Å². The second-order valence-corrected chi connectivity index (χ2v) is 7.62. The van der Waals surface area contributed by atoms with E-state index >= 15 is 0 Å². The molecular formula is C15H25N4O3S+. The normalized spacial score (nSPS) is 19.1. The number of nitrogens with two attached hydrogens (primary N) is 1. The van der Waals surface area contributed by atoms with Gasteiger partial charge in [0, 0.05) is 19.2 Å². The van der Waals surface area contributed by atoms with E-state index in [0.29, 0.717) is 19.6 Å². The SMILES string of the molecule is CCN(CC)S(=O)(=O)c1ccc(N2CCC[C@@H](C(N)=O)C2)[nH+]c1. The van der Waals surface area contributed by atoms with Gasteiger partial charge < -0.3 is 5.73 Å². The van der Waals surface area contributed by atoms with Crippen LogP contribution in [0.4, 0.5) is 5.82 Å². The van der Waals surface area contributed by atoms with Crippen molar-refractivity contribution >= 4 is 21.7 Å². The quantitative estimate of drug-likeness (QED) is 0.801. The molecule has 128 valence electrons. The summed E-state index contributed by atoms with van der Waals surface area (Å²) in [5, 5.41) is 0. The van der Waals surface area contributed by atoms with Crippen LogP contribution < -0.4 is 15.6 Å². The Bertz CT molecular complexity index is 641. The summed E-state index contributed by atoms with van der Waals surface area (Å²) >= 11 is 0. The number of carbonyl (C=O) groups is 1. The van der Waals surface area contributed by atoms with Crippen molar-refractivity contribution in [1.82, 2.24) is 4.31 Å². The first-order valence-corrected chi connectivity index (χ1v) is 9.40. The fraction of sp³-hybridized carbons (Fsp3) is 0.600. The van der Waals surface area contributed by atoms with E-state index in [0.717, 1.165) is 25.2 Å². The van der Waals surface area contributed by atoms with E-state index in [4.69, 9.17) is 5.73 Å². The van der Waals surface area contributed by atoms with Gasteiger partial charge >= 0.3 is 0 Å². The average molecular weight is 341 g/mol. The molecule has 3 N–H and O–H groups in total. The Hall–Kier alpha value is -1.67. The fourth-order valence-corrected chi connectivity index (χ4v) is 4.33. The minimum absolute atomic E-state index is 0.156. The van der Waals surface area contributed by atoms with Crippen LogP contribution in [0, 0.1) is 5.92 Å². The number of pyridine rings is 1. The molecule has 1 aromatic heterocycles. The largest absolute Gasteiger partial charge is 0.369 e. The zero-order valence-corrected chi connectivity index (χ0v) is 14.5.